The predicted octanol–water partition coefficient (Wildman–Crippen LogP) is 4.02. The number of aryl methyl sites for hydroxylation is 1. The van der Waals surface area contributed by atoms with E-state index in [1.807, 2.05) is 19.1 Å². The molecule has 0 aliphatic carbocycles. The fraction of sp³-hybridized carbons (Fsp3) is 0.316. The highest BCUT2D eigenvalue weighted by Crippen LogP contribution is 2.18. The highest BCUT2D eigenvalue weighted by atomic mass is 127. The maximum absolute atomic E-state index is 13.9. The standard InChI is InChI=1S/C19H24FN3O.HI/c1-4-24-18-9-8-16(11-17(18)20)13-23-19(21-3)22-12-15-7-5-6-14(2)10-15;/h5-11H,4,12-13H2,1-3H3,(H2,21,22,23);1H. The normalized spacial score (nSPS) is 10.8. The first-order valence-corrected chi connectivity index (χ1v) is 8.03. The van der Waals surface area contributed by atoms with Crippen molar-refractivity contribution >= 4 is 29.9 Å². The molecule has 136 valence electrons. The molecule has 2 aromatic carbocycles. The number of hydrogen-bond donors (Lipinski definition) is 2. The van der Waals surface area contributed by atoms with Gasteiger partial charge in [0.05, 0.1) is 6.61 Å². The molecule has 25 heavy (non-hydrogen) atoms. The summed E-state index contributed by atoms with van der Waals surface area (Å²) in [5.41, 5.74) is 3.24. The quantitative estimate of drug-likeness (QED) is 0.392. The van der Waals surface area contributed by atoms with Crippen molar-refractivity contribution in [3.05, 3.63) is 65.0 Å². The number of nitrogens with one attached hydrogen (secondary N) is 2. The molecule has 0 bridgehead atoms. The smallest absolute Gasteiger partial charge is 0.191 e. The predicted molar refractivity (Wildman–Crippen MR) is 111 cm³/mol. The molecule has 0 radical (unpaired) electrons. The number of ether oxygens (including phenoxy) is 1. The maximum Gasteiger partial charge on any atom is 0.191 e. The second-order valence-corrected chi connectivity index (χ2v) is 5.47. The first-order valence-electron chi connectivity index (χ1n) is 8.03. The summed E-state index contributed by atoms with van der Waals surface area (Å²) < 4.78 is 19.1. The van der Waals surface area contributed by atoms with Crippen molar-refractivity contribution < 1.29 is 9.13 Å². The molecule has 0 atom stereocenters. The fourth-order valence-corrected chi connectivity index (χ4v) is 2.34. The van der Waals surface area contributed by atoms with Crippen LogP contribution in [0.1, 0.15) is 23.6 Å². The van der Waals surface area contributed by atoms with E-state index in [1.54, 1.807) is 13.1 Å². The number of nitrogens with zero attached hydrogens (tertiary/aromatic N) is 1. The molecule has 6 heteroatoms. The SMILES string of the molecule is CCOc1ccc(CNC(=NC)NCc2cccc(C)c2)cc1F.I. The van der Waals surface area contributed by atoms with E-state index < -0.39 is 0 Å². The molecule has 0 fully saturated rings. The zero-order chi connectivity index (χ0) is 17.4. The van der Waals surface area contributed by atoms with Crippen molar-refractivity contribution in [2.75, 3.05) is 13.7 Å². The molecule has 0 aliphatic heterocycles. The Kier molecular flexibility index (Phi) is 9.26. The Morgan fingerprint density at radius 1 is 1.08 bits per heavy atom. The van der Waals surface area contributed by atoms with Crippen LogP contribution in [-0.2, 0) is 13.1 Å². The van der Waals surface area contributed by atoms with Crippen molar-refractivity contribution in [1.29, 1.82) is 0 Å². The third-order valence-electron chi connectivity index (χ3n) is 3.52. The van der Waals surface area contributed by atoms with Gasteiger partial charge in [0, 0.05) is 20.1 Å². The fourth-order valence-electron chi connectivity index (χ4n) is 2.34. The molecule has 2 rings (SSSR count). The van der Waals surface area contributed by atoms with Gasteiger partial charge in [0.25, 0.3) is 0 Å². The first kappa shape index (κ1) is 21.2. The summed E-state index contributed by atoms with van der Waals surface area (Å²) in [6, 6.07) is 13.3. The molecule has 0 saturated heterocycles. The lowest BCUT2D eigenvalue weighted by molar-refractivity contribution is 0.321. The summed E-state index contributed by atoms with van der Waals surface area (Å²) in [5.74, 6) is 0.605. The van der Waals surface area contributed by atoms with Crippen molar-refractivity contribution in [2.45, 2.75) is 26.9 Å². The Bertz CT molecular complexity index is 707. The first-order chi connectivity index (χ1) is 11.6. The molecule has 0 heterocycles. The van der Waals surface area contributed by atoms with Crippen LogP contribution >= 0.6 is 24.0 Å². The van der Waals surface area contributed by atoms with Gasteiger partial charge in [-0.1, -0.05) is 35.9 Å². The Morgan fingerprint density at radius 2 is 1.76 bits per heavy atom. The Hall–Kier alpha value is -1.83. The van der Waals surface area contributed by atoms with Crippen LogP contribution in [-0.4, -0.2) is 19.6 Å². The van der Waals surface area contributed by atoms with Crippen LogP contribution in [0.2, 0.25) is 0 Å². The highest BCUT2D eigenvalue weighted by Gasteiger charge is 2.05. The van der Waals surface area contributed by atoms with E-state index in [2.05, 4.69) is 40.7 Å². The minimum absolute atomic E-state index is 0. The second-order valence-electron chi connectivity index (χ2n) is 5.47. The summed E-state index contributed by atoms with van der Waals surface area (Å²) in [6.45, 7) is 5.51. The zero-order valence-electron chi connectivity index (χ0n) is 14.8. The Labute approximate surface area is 165 Å². The average Bonchev–Trinajstić information content (AvgIpc) is 2.57. The van der Waals surface area contributed by atoms with Gasteiger partial charge >= 0.3 is 0 Å². The largest absolute Gasteiger partial charge is 0.491 e. The molecule has 0 aliphatic rings. The lowest BCUT2D eigenvalue weighted by Crippen LogP contribution is -2.36. The van der Waals surface area contributed by atoms with E-state index in [-0.39, 0.29) is 35.5 Å². The summed E-state index contributed by atoms with van der Waals surface area (Å²) in [5, 5.41) is 6.43. The molecule has 4 nitrogen and oxygen atoms in total. The molecular weight excluding hydrogens is 432 g/mol. The molecule has 0 aromatic heterocycles. The van der Waals surface area contributed by atoms with E-state index in [9.17, 15) is 4.39 Å². The molecule has 0 amide bonds. The van der Waals surface area contributed by atoms with Crippen LogP contribution in [0.15, 0.2) is 47.5 Å². The van der Waals surface area contributed by atoms with Gasteiger partial charge in [0.2, 0.25) is 0 Å². The highest BCUT2D eigenvalue weighted by molar-refractivity contribution is 14.0. The number of benzene rings is 2. The summed E-state index contributed by atoms with van der Waals surface area (Å²) in [6.07, 6.45) is 0. The van der Waals surface area contributed by atoms with Crippen molar-refractivity contribution in [1.82, 2.24) is 10.6 Å². The third kappa shape index (κ3) is 6.89. The minimum Gasteiger partial charge on any atom is -0.491 e. The van der Waals surface area contributed by atoms with E-state index in [4.69, 9.17) is 4.74 Å². The van der Waals surface area contributed by atoms with E-state index >= 15 is 0 Å². The monoisotopic (exact) mass is 457 g/mol. The zero-order valence-corrected chi connectivity index (χ0v) is 17.1. The van der Waals surface area contributed by atoms with Gasteiger partial charge in [-0.25, -0.2) is 4.39 Å². The van der Waals surface area contributed by atoms with E-state index in [0.29, 0.717) is 25.7 Å². The van der Waals surface area contributed by atoms with Gasteiger partial charge in [-0.3, -0.25) is 4.99 Å². The van der Waals surface area contributed by atoms with Crippen LogP contribution in [0, 0.1) is 12.7 Å². The molecule has 0 unspecified atom stereocenters. The van der Waals surface area contributed by atoms with Crippen LogP contribution in [0.4, 0.5) is 4.39 Å². The molecule has 2 N–H and O–H groups in total. The molecule has 0 saturated carbocycles. The Balaban J connectivity index is 0.00000312. The van der Waals surface area contributed by atoms with Gasteiger partial charge in [-0.05, 0) is 37.1 Å². The van der Waals surface area contributed by atoms with Crippen LogP contribution in [0.3, 0.4) is 0 Å². The summed E-state index contributed by atoms with van der Waals surface area (Å²) >= 11 is 0. The molecule has 0 spiro atoms. The number of halogens is 2. The Morgan fingerprint density at radius 3 is 2.32 bits per heavy atom. The van der Waals surface area contributed by atoms with Crippen molar-refractivity contribution in [3.8, 4) is 5.75 Å². The average molecular weight is 457 g/mol. The van der Waals surface area contributed by atoms with Gasteiger partial charge in [-0.2, -0.15) is 0 Å². The summed E-state index contributed by atoms with van der Waals surface area (Å²) in [7, 11) is 1.71. The van der Waals surface area contributed by atoms with Gasteiger partial charge in [-0.15, -0.1) is 24.0 Å². The number of hydrogen-bond acceptors (Lipinski definition) is 2. The third-order valence-corrected chi connectivity index (χ3v) is 3.52. The van der Waals surface area contributed by atoms with Gasteiger partial charge < -0.3 is 15.4 Å². The van der Waals surface area contributed by atoms with E-state index in [1.165, 1.54) is 17.2 Å². The molecule has 2 aromatic rings. The minimum atomic E-state index is -0.348. The summed E-state index contributed by atoms with van der Waals surface area (Å²) in [4.78, 5) is 4.19. The molecular formula is C19H25FIN3O. The maximum atomic E-state index is 13.9. The lowest BCUT2D eigenvalue weighted by Gasteiger charge is -2.13. The van der Waals surface area contributed by atoms with Crippen LogP contribution in [0.25, 0.3) is 0 Å². The van der Waals surface area contributed by atoms with Crippen LogP contribution < -0.4 is 15.4 Å². The topological polar surface area (TPSA) is 45.6 Å². The lowest BCUT2D eigenvalue weighted by atomic mass is 10.1. The number of aliphatic imine (C=N–C) groups is 1. The number of rotatable bonds is 6. The van der Waals surface area contributed by atoms with Crippen LogP contribution in [0.5, 0.6) is 5.75 Å². The van der Waals surface area contributed by atoms with Crippen molar-refractivity contribution in [2.24, 2.45) is 4.99 Å². The van der Waals surface area contributed by atoms with Gasteiger partial charge in [0.1, 0.15) is 0 Å². The van der Waals surface area contributed by atoms with Crippen molar-refractivity contribution in [3.63, 3.8) is 0 Å². The van der Waals surface area contributed by atoms with E-state index in [0.717, 1.165) is 5.56 Å². The second kappa shape index (κ2) is 10.9. The number of guanidine groups is 1. The van der Waals surface area contributed by atoms with Gasteiger partial charge in [0.15, 0.2) is 17.5 Å².